The van der Waals surface area contributed by atoms with Gasteiger partial charge in [-0.2, -0.15) is 0 Å². The molecule has 0 aromatic carbocycles. The van der Waals surface area contributed by atoms with Gasteiger partial charge >= 0.3 is 0 Å². The normalized spacial score (nSPS) is 17.4. The summed E-state index contributed by atoms with van der Waals surface area (Å²) in [6, 6.07) is 0.491. The van der Waals surface area contributed by atoms with Gasteiger partial charge < -0.3 is 10.6 Å². The molecular weight excluding hydrogens is 476 g/mol. The number of amides is 1. The van der Waals surface area contributed by atoms with Crippen molar-refractivity contribution >= 4 is 5.91 Å². The van der Waals surface area contributed by atoms with Gasteiger partial charge in [0, 0.05) is 17.8 Å². The monoisotopic (exact) mass is 543 g/mol. The molecule has 0 bridgehead atoms. The van der Waals surface area contributed by atoms with Gasteiger partial charge in [-0.1, -0.05) is 148 Å². The molecule has 0 aromatic heterocycles. The highest BCUT2D eigenvalue weighted by atomic mass is 16.1. The largest absolute Gasteiger partial charge is 0.381 e. The maximum Gasteiger partial charge on any atom is 0.243 e. The Balaban J connectivity index is 2.05. The second-order valence-corrected chi connectivity index (χ2v) is 12.1. The predicted octanol–water partition coefficient (Wildman–Crippen LogP) is 10.9. The standard InChI is InChI=1S/C36H66N2O/c1-4-6-8-10-12-14-16-18-20-22-24-26-29-33(3)37-34-30-28-31-35(34)38-36(39)32-27-25-23-21-19-17-15-13-11-9-7-5-2/h26-27,29,32,34-35,37H,3-25,28,30-31H2,1-2H3,(H,38,39)/b29-26+,32-27+/t34-,35+/m1/s1. The molecule has 1 saturated carbocycles. The van der Waals surface area contributed by atoms with Crippen LogP contribution < -0.4 is 10.6 Å². The van der Waals surface area contributed by atoms with E-state index in [1.807, 2.05) is 0 Å². The van der Waals surface area contributed by atoms with Crippen LogP contribution in [-0.4, -0.2) is 18.0 Å². The molecular formula is C36H66N2O. The van der Waals surface area contributed by atoms with Crippen molar-refractivity contribution in [2.45, 2.75) is 186 Å². The Bertz CT molecular complexity index is 584. The van der Waals surface area contributed by atoms with Crippen LogP contribution in [0.1, 0.15) is 174 Å². The van der Waals surface area contributed by atoms with Crippen LogP contribution in [0.3, 0.4) is 0 Å². The lowest BCUT2D eigenvalue weighted by molar-refractivity contribution is -0.117. The van der Waals surface area contributed by atoms with E-state index < -0.39 is 0 Å². The average molecular weight is 543 g/mol. The van der Waals surface area contributed by atoms with Crippen LogP contribution in [0.5, 0.6) is 0 Å². The fraction of sp³-hybridized carbons (Fsp3) is 0.806. The Morgan fingerprint density at radius 1 is 0.590 bits per heavy atom. The first-order valence-corrected chi connectivity index (χ1v) is 17.3. The summed E-state index contributed by atoms with van der Waals surface area (Å²) >= 11 is 0. The Labute approximate surface area is 244 Å². The molecule has 2 atom stereocenters. The molecule has 0 radical (unpaired) electrons. The van der Waals surface area contributed by atoms with Gasteiger partial charge in [-0.05, 0) is 57.1 Å². The lowest BCUT2D eigenvalue weighted by Gasteiger charge is -2.22. The van der Waals surface area contributed by atoms with E-state index >= 15 is 0 Å². The molecule has 0 heterocycles. The van der Waals surface area contributed by atoms with Crippen molar-refractivity contribution in [3.8, 4) is 0 Å². The van der Waals surface area contributed by atoms with Crippen molar-refractivity contribution in [3.63, 3.8) is 0 Å². The summed E-state index contributed by atoms with van der Waals surface area (Å²) in [4.78, 5) is 12.4. The Hall–Kier alpha value is -1.51. The van der Waals surface area contributed by atoms with E-state index in [2.05, 4.69) is 49.3 Å². The molecule has 3 nitrogen and oxygen atoms in total. The minimum absolute atomic E-state index is 0.0582. The summed E-state index contributed by atoms with van der Waals surface area (Å²) in [5, 5.41) is 6.80. The van der Waals surface area contributed by atoms with E-state index in [1.54, 1.807) is 6.08 Å². The van der Waals surface area contributed by atoms with Crippen molar-refractivity contribution in [1.82, 2.24) is 10.6 Å². The zero-order chi connectivity index (χ0) is 28.2. The van der Waals surface area contributed by atoms with Crippen LogP contribution in [0.15, 0.2) is 36.6 Å². The number of nitrogens with one attached hydrogen (secondary N) is 2. The fourth-order valence-electron chi connectivity index (χ4n) is 5.74. The van der Waals surface area contributed by atoms with Crippen LogP contribution >= 0.6 is 0 Å². The van der Waals surface area contributed by atoms with E-state index in [0.29, 0.717) is 6.04 Å². The third-order valence-electron chi connectivity index (χ3n) is 8.25. The Kier molecular flexibility index (Phi) is 24.3. The molecule has 3 heteroatoms. The number of allylic oxidation sites excluding steroid dienone is 3. The topological polar surface area (TPSA) is 41.1 Å². The number of hydrogen-bond acceptors (Lipinski definition) is 2. The third-order valence-corrected chi connectivity index (χ3v) is 8.25. The van der Waals surface area contributed by atoms with Crippen molar-refractivity contribution in [3.05, 3.63) is 36.6 Å². The molecule has 1 rings (SSSR count). The van der Waals surface area contributed by atoms with Crippen molar-refractivity contribution in [2.75, 3.05) is 0 Å². The van der Waals surface area contributed by atoms with E-state index in [1.165, 1.54) is 128 Å². The number of hydrogen-bond donors (Lipinski definition) is 2. The number of rotatable bonds is 27. The minimum Gasteiger partial charge on any atom is -0.381 e. The SMILES string of the molecule is C=C(/C=C/CCCCCCCCCCCC)N[C@@H]1CCC[C@@H]1NC(=O)/C=C/CCCCCCCCCCCC. The predicted molar refractivity (Wildman–Crippen MR) is 173 cm³/mol. The molecule has 1 amide bonds. The molecule has 0 unspecified atom stereocenters. The molecule has 0 aromatic rings. The van der Waals surface area contributed by atoms with E-state index in [-0.39, 0.29) is 11.9 Å². The molecule has 226 valence electrons. The van der Waals surface area contributed by atoms with Gasteiger partial charge in [0.05, 0.1) is 0 Å². The summed E-state index contributed by atoms with van der Waals surface area (Å²) < 4.78 is 0. The first-order valence-electron chi connectivity index (χ1n) is 17.3. The summed E-state index contributed by atoms with van der Waals surface area (Å²) in [6.45, 7) is 8.77. The second-order valence-electron chi connectivity index (χ2n) is 12.1. The van der Waals surface area contributed by atoms with Crippen molar-refractivity contribution in [2.24, 2.45) is 0 Å². The minimum atomic E-state index is 0.0582. The van der Waals surface area contributed by atoms with Crippen LogP contribution in [0.4, 0.5) is 0 Å². The van der Waals surface area contributed by atoms with E-state index in [0.717, 1.165) is 37.8 Å². The van der Waals surface area contributed by atoms with Crippen LogP contribution in [0.25, 0.3) is 0 Å². The summed E-state index contributed by atoms with van der Waals surface area (Å²) in [7, 11) is 0. The number of unbranched alkanes of at least 4 members (excludes halogenated alkanes) is 20. The lowest BCUT2D eigenvalue weighted by Crippen LogP contribution is -2.45. The van der Waals surface area contributed by atoms with Gasteiger partial charge in [-0.3, -0.25) is 4.79 Å². The van der Waals surface area contributed by atoms with Gasteiger partial charge in [0.1, 0.15) is 0 Å². The molecule has 0 spiro atoms. The zero-order valence-corrected chi connectivity index (χ0v) is 26.3. The quantitative estimate of drug-likeness (QED) is 0.0615. The molecule has 1 aliphatic carbocycles. The smallest absolute Gasteiger partial charge is 0.243 e. The number of carbonyl (C=O) groups is 1. The average Bonchev–Trinajstić information content (AvgIpc) is 3.35. The van der Waals surface area contributed by atoms with Gasteiger partial charge in [-0.15, -0.1) is 0 Å². The van der Waals surface area contributed by atoms with Crippen LogP contribution in [0, 0.1) is 0 Å². The Morgan fingerprint density at radius 2 is 0.974 bits per heavy atom. The summed E-state index contributed by atoms with van der Waals surface area (Å²) in [6.07, 6.45) is 41.0. The Morgan fingerprint density at radius 3 is 1.44 bits per heavy atom. The summed E-state index contributed by atoms with van der Waals surface area (Å²) in [5.41, 5.74) is 0.977. The van der Waals surface area contributed by atoms with E-state index in [9.17, 15) is 4.79 Å². The second kappa shape index (κ2) is 26.7. The lowest BCUT2D eigenvalue weighted by atomic mass is 10.1. The summed E-state index contributed by atoms with van der Waals surface area (Å²) in [5.74, 6) is 0.0582. The van der Waals surface area contributed by atoms with Crippen molar-refractivity contribution in [1.29, 1.82) is 0 Å². The molecule has 39 heavy (non-hydrogen) atoms. The first-order chi connectivity index (χ1) is 19.2. The molecule has 1 aliphatic rings. The van der Waals surface area contributed by atoms with E-state index in [4.69, 9.17) is 0 Å². The molecule has 0 aliphatic heterocycles. The first kappa shape index (κ1) is 35.5. The maximum atomic E-state index is 12.4. The van der Waals surface area contributed by atoms with Gasteiger partial charge in [0.15, 0.2) is 0 Å². The number of carbonyl (C=O) groups excluding carboxylic acids is 1. The third kappa shape index (κ3) is 21.9. The van der Waals surface area contributed by atoms with Gasteiger partial charge in [0.2, 0.25) is 5.91 Å². The van der Waals surface area contributed by atoms with Gasteiger partial charge in [0.25, 0.3) is 0 Å². The molecule has 2 N–H and O–H groups in total. The fourth-order valence-corrected chi connectivity index (χ4v) is 5.74. The van der Waals surface area contributed by atoms with Crippen molar-refractivity contribution < 1.29 is 4.79 Å². The maximum absolute atomic E-state index is 12.4. The molecule has 1 fully saturated rings. The zero-order valence-electron chi connectivity index (χ0n) is 26.3. The molecule has 0 saturated heterocycles. The van der Waals surface area contributed by atoms with Gasteiger partial charge in [-0.25, -0.2) is 0 Å². The highest BCUT2D eigenvalue weighted by Gasteiger charge is 2.27. The van der Waals surface area contributed by atoms with Crippen LogP contribution in [0.2, 0.25) is 0 Å². The van der Waals surface area contributed by atoms with Crippen LogP contribution in [-0.2, 0) is 4.79 Å². The highest BCUT2D eigenvalue weighted by Crippen LogP contribution is 2.20. The highest BCUT2D eigenvalue weighted by molar-refractivity contribution is 5.87.